The van der Waals surface area contributed by atoms with E-state index in [9.17, 15) is 5.21 Å². The van der Waals surface area contributed by atoms with E-state index in [1.165, 1.54) is 6.21 Å². The van der Waals surface area contributed by atoms with Crippen LogP contribution in [0.2, 0.25) is 0 Å². The van der Waals surface area contributed by atoms with Crippen molar-refractivity contribution in [2.45, 2.75) is 19.1 Å². The lowest BCUT2D eigenvalue weighted by Crippen LogP contribution is -2.36. The average molecular weight is 144 g/mol. The molecule has 0 amide bonds. The van der Waals surface area contributed by atoms with Crippen LogP contribution < -0.4 is 0 Å². The monoisotopic (exact) mass is 144 g/mol. The van der Waals surface area contributed by atoms with Gasteiger partial charge in [-0.1, -0.05) is 0 Å². The summed E-state index contributed by atoms with van der Waals surface area (Å²) in [7, 11) is 3.79. The molecule has 0 aromatic rings. The zero-order valence-electron chi connectivity index (χ0n) is 6.28. The molecule has 1 atom stereocenters. The van der Waals surface area contributed by atoms with Crippen molar-refractivity contribution in [3.8, 4) is 0 Å². The van der Waals surface area contributed by atoms with Crippen molar-refractivity contribution < 1.29 is 9.74 Å². The van der Waals surface area contributed by atoms with Gasteiger partial charge in [0.1, 0.15) is 6.23 Å². The summed E-state index contributed by atoms with van der Waals surface area (Å²) in [6.45, 7) is 0. The quantitative estimate of drug-likeness (QED) is 0.493. The Labute approximate surface area is 60.2 Å². The van der Waals surface area contributed by atoms with Crippen molar-refractivity contribution >= 4 is 6.21 Å². The van der Waals surface area contributed by atoms with Gasteiger partial charge in [-0.3, -0.25) is 10.1 Å². The highest BCUT2D eigenvalue weighted by Crippen LogP contribution is 2.07. The Morgan fingerprint density at radius 3 is 2.80 bits per heavy atom. The van der Waals surface area contributed by atoms with Gasteiger partial charge in [0.05, 0.1) is 0 Å². The summed E-state index contributed by atoms with van der Waals surface area (Å²) in [5.74, 6) is 0. The van der Waals surface area contributed by atoms with E-state index in [0.29, 0.717) is 4.90 Å². The highest BCUT2D eigenvalue weighted by atomic mass is 16.9. The van der Waals surface area contributed by atoms with Gasteiger partial charge in [-0.25, -0.2) is 0 Å². The first-order valence-corrected chi connectivity index (χ1v) is 3.33. The Bertz CT molecular complexity index is 145. The Morgan fingerprint density at radius 2 is 2.40 bits per heavy atom. The molecule has 0 saturated heterocycles. The maximum atomic E-state index is 10.6. The summed E-state index contributed by atoms with van der Waals surface area (Å²) < 4.78 is 0. The van der Waals surface area contributed by atoms with Gasteiger partial charge < -0.3 is 4.84 Å². The van der Waals surface area contributed by atoms with Crippen molar-refractivity contribution in [3.05, 3.63) is 5.21 Å². The maximum absolute atomic E-state index is 10.6. The molecular weight excluding hydrogens is 132 g/mol. The van der Waals surface area contributed by atoms with E-state index in [0.717, 1.165) is 12.8 Å². The lowest BCUT2D eigenvalue weighted by Gasteiger charge is -2.27. The molecule has 4 heteroatoms. The first-order chi connectivity index (χ1) is 4.70. The lowest BCUT2D eigenvalue weighted by molar-refractivity contribution is -0.760. The Balaban J connectivity index is 2.45. The third-order valence-corrected chi connectivity index (χ3v) is 1.49. The van der Waals surface area contributed by atoms with Crippen LogP contribution >= 0.6 is 0 Å². The van der Waals surface area contributed by atoms with Gasteiger partial charge in [-0.15, -0.1) is 0 Å². The fourth-order valence-electron chi connectivity index (χ4n) is 0.891. The molecule has 0 fully saturated rings. The summed E-state index contributed by atoms with van der Waals surface area (Å²) in [5, 5.41) is 10.6. The molecule has 1 aliphatic heterocycles. The number of nitrogens with zero attached hydrogens (tertiary/aromatic N) is 2. The van der Waals surface area contributed by atoms with Crippen LogP contribution in [0, 0.1) is 5.21 Å². The van der Waals surface area contributed by atoms with Crippen molar-refractivity contribution in [2.75, 3.05) is 14.1 Å². The fourth-order valence-corrected chi connectivity index (χ4v) is 0.891. The first kappa shape index (κ1) is 7.34. The molecule has 0 N–H and O–H groups in total. The van der Waals surface area contributed by atoms with Crippen molar-refractivity contribution in [3.63, 3.8) is 0 Å². The van der Waals surface area contributed by atoms with Gasteiger partial charge in [0, 0.05) is 11.3 Å². The summed E-state index contributed by atoms with van der Waals surface area (Å²) in [6, 6.07) is 0. The topological polar surface area (TPSA) is 38.5 Å². The second-order valence-electron chi connectivity index (χ2n) is 2.57. The molecule has 1 rings (SSSR count). The summed E-state index contributed by atoms with van der Waals surface area (Å²) in [5.41, 5.74) is 0. The smallest absolute Gasteiger partial charge is 0.210 e. The minimum absolute atomic E-state index is 0.0532. The van der Waals surface area contributed by atoms with Crippen molar-refractivity contribution in [1.82, 2.24) is 4.90 Å². The van der Waals surface area contributed by atoms with Crippen molar-refractivity contribution in [2.24, 2.45) is 0 Å². The molecule has 0 radical (unpaired) electrons. The van der Waals surface area contributed by atoms with Gasteiger partial charge in [-0.2, -0.15) is 0 Å². The zero-order chi connectivity index (χ0) is 7.56. The molecule has 0 aromatic carbocycles. The van der Waals surface area contributed by atoms with Gasteiger partial charge in [0.25, 0.3) is 0 Å². The molecule has 0 unspecified atom stereocenters. The summed E-state index contributed by atoms with van der Waals surface area (Å²) >= 11 is 0. The Kier molecular flexibility index (Phi) is 2.11. The third-order valence-electron chi connectivity index (χ3n) is 1.49. The SMILES string of the molecule is CN(C)[C@@H]1CCC=[N+]([O-])O1. The summed E-state index contributed by atoms with van der Waals surface area (Å²) in [6.07, 6.45) is 3.14. The molecule has 0 bridgehead atoms. The van der Waals surface area contributed by atoms with Crippen LogP contribution in [0.4, 0.5) is 0 Å². The van der Waals surface area contributed by atoms with Crippen molar-refractivity contribution in [1.29, 1.82) is 0 Å². The zero-order valence-corrected chi connectivity index (χ0v) is 6.28. The second-order valence-corrected chi connectivity index (χ2v) is 2.57. The predicted molar refractivity (Wildman–Crippen MR) is 37.5 cm³/mol. The van der Waals surface area contributed by atoms with E-state index in [1.807, 2.05) is 19.0 Å². The molecule has 0 aromatic heterocycles. The first-order valence-electron chi connectivity index (χ1n) is 3.33. The van der Waals surface area contributed by atoms with Gasteiger partial charge in [-0.05, 0) is 20.5 Å². The van der Waals surface area contributed by atoms with E-state index in [2.05, 4.69) is 0 Å². The minimum Gasteiger partial charge on any atom is -0.385 e. The van der Waals surface area contributed by atoms with E-state index in [4.69, 9.17) is 4.84 Å². The van der Waals surface area contributed by atoms with Gasteiger partial charge >= 0.3 is 0 Å². The van der Waals surface area contributed by atoms with E-state index in [1.54, 1.807) is 0 Å². The third kappa shape index (κ3) is 1.60. The molecule has 58 valence electrons. The standard InChI is InChI=1S/C6H12N2O2/c1-7(2)6-4-3-5-8(9)10-6/h5-6H,3-4H2,1-2H3/t6-/m0/s1. The largest absolute Gasteiger partial charge is 0.385 e. The fraction of sp³-hybridized carbons (Fsp3) is 0.833. The summed E-state index contributed by atoms with van der Waals surface area (Å²) in [4.78, 5) is 7.32. The normalized spacial score (nSPS) is 25.9. The molecule has 4 nitrogen and oxygen atoms in total. The van der Waals surface area contributed by atoms with Crippen LogP contribution in [0.25, 0.3) is 0 Å². The van der Waals surface area contributed by atoms with E-state index in [-0.39, 0.29) is 6.23 Å². The highest BCUT2D eigenvalue weighted by molar-refractivity contribution is 5.51. The number of hydrogen-bond acceptors (Lipinski definition) is 3. The number of rotatable bonds is 1. The molecule has 1 heterocycles. The Morgan fingerprint density at radius 1 is 1.70 bits per heavy atom. The lowest BCUT2D eigenvalue weighted by atomic mass is 10.3. The van der Waals surface area contributed by atoms with Crippen LogP contribution in [0.5, 0.6) is 0 Å². The van der Waals surface area contributed by atoms with Gasteiger partial charge in [0.2, 0.25) is 6.21 Å². The molecule has 10 heavy (non-hydrogen) atoms. The predicted octanol–water partition coefficient (Wildman–Crippen LogP) is 0.181. The highest BCUT2D eigenvalue weighted by Gasteiger charge is 2.15. The van der Waals surface area contributed by atoms with E-state index >= 15 is 0 Å². The van der Waals surface area contributed by atoms with Crippen LogP contribution in [-0.2, 0) is 4.84 Å². The second kappa shape index (κ2) is 2.88. The van der Waals surface area contributed by atoms with E-state index < -0.39 is 0 Å². The number of hydrogen-bond donors (Lipinski definition) is 0. The molecule has 0 spiro atoms. The maximum Gasteiger partial charge on any atom is 0.210 e. The van der Waals surface area contributed by atoms with Crippen LogP contribution in [0.15, 0.2) is 0 Å². The van der Waals surface area contributed by atoms with Crippen LogP contribution in [0.1, 0.15) is 12.8 Å². The van der Waals surface area contributed by atoms with Crippen LogP contribution in [-0.4, -0.2) is 36.3 Å². The molecule has 0 aliphatic carbocycles. The molecule has 1 aliphatic rings. The molecular formula is C6H12N2O2. The molecule has 0 saturated carbocycles. The minimum atomic E-state index is -0.0532. The average Bonchev–Trinajstić information content (AvgIpc) is 1.88. The Hall–Kier alpha value is -0.770. The van der Waals surface area contributed by atoms with Crippen LogP contribution in [0.3, 0.4) is 0 Å². The van der Waals surface area contributed by atoms with Gasteiger partial charge in [0.15, 0.2) is 0 Å².